The quantitative estimate of drug-likeness (QED) is 0.623. The normalized spacial score (nSPS) is 15.6. The Hall–Kier alpha value is -2.37. The average Bonchev–Trinajstić information content (AvgIpc) is 2.55. The van der Waals surface area contributed by atoms with E-state index >= 15 is 0 Å². The molecular weight excluding hydrogens is 284 g/mol. The van der Waals surface area contributed by atoms with Gasteiger partial charge in [0.25, 0.3) is 0 Å². The predicted octanol–water partition coefficient (Wildman–Crippen LogP) is 2.18. The minimum absolute atomic E-state index is 0.0163. The van der Waals surface area contributed by atoms with Crippen molar-refractivity contribution in [1.29, 1.82) is 0 Å². The van der Waals surface area contributed by atoms with E-state index in [0.29, 0.717) is 5.75 Å². The fraction of sp³-hybridized carbons (Fsp3) is 0.438. The molecule has 0 atom stereocenters. The van der Waals surface area contributed by atoms with Crippen molar-refractivity contribution >= 4 is 18.1 Å². The van der Waals surface area contributed by atoms with Crippen LogP contribution >= 0.6 is 0 Å². The van der Waals surface area contributed by atoms with Gasteiger partial charge in [-0.3, -0.25) is 4.79 Å². The van der Waals surface area contributed by atoms with Crippen LogP contribution in [0.3, 0.4) is 0 Å². The summed E-state index contributed by atoms with van der Waals surface area (Å²) in [5.74, 6) is -0.475. The minimum Gasteiger partial charge on any atom is -0.482 e. The zero-order valence-electron chi connectivity index (χ0n) is 12.3. The number of rotatable bonds is 6. The Labute approximate surface area is 129 Å². The van der Waals surface area contributed by atoms with Gasteiger partial charge < -0.3 is 9.84 Å². The maximum atomic E-state index is 11.9. The van der Waals surface area contributed by atoms with Crippen LogP contribution in [0, 0.1) is 5.92 Å². The van der Waals surface area contributed by atoms with Gasteiger partial charge >= 0.3 is 5.97 Å². The van der Waals surface area contributed by atoms with Gasteiger partial charge in [0.1, 0.15) is 5.75 Å². The van der Waals surface area contributed by atoms with Crippen LogP contribution < -0.4 is 10.2 Å². The molecule has 2 rings (SSSR count). The largest absolute Gasteiger partial charge is 0.482 e. The highest BCUT2D eigenvalue weighted by Crippen LogP contribution is 2.23. The Morgan fingerprint density at radius 2 is 1.91 bits per heavy atom. The molecule has 22 heavy (non-hydrogen) atoms. The molecule has 1 fully saturated rings. The van der Waals surface area contributed by atoms with E-state index in [0.717, 1.165) is 31.2 Å². The lowest BCUT2D eigenvalue weighted by Crippen LogP contribution is -2.28. The topological polar surface area (TPSA) is 88.0 Å². The van der Waals surface area contributed by atoms with E-state index in [1.807, 2.05) is 0 Å². The van der Waals surface area contributed by atoms with Gasteiger partial charge in [-0.25, -0.2) is 10.2 Å². The molecule has 1 aliphatic carbocycles. The van der Waals surface area contributed by atoms with Crippen molar-refractivity contribution in [2.45, 2.75) is 32.1 Å². The van der Waals surface area contributed by atoms with Crippen molar-refractivity contribution in [3.63, 3.8) is 0 Å². The van der Waals surface area contributed by atoms with E-state index in [9.17, 15) is 9.59 Å². The molecule has 6 heteroatoms. The monoisotopic (exact) mass is 304 g/mol. The Kier molecular flexibility index (Phi) is 5.94. The summed E-state index contributed by atoms with van der Waals surface area (Å²) in [6, 6.07) is 6.81. The van der Waals surface area contributed by atoms with Gasteiger partial charge in [-0.15, -0.1) is 0 Å². The van der Waals surface area contributed by atoms with E-state index in [1.54, 1.807) is 30.5 Å². The van der Waals surface area contributed by atoms with E-state index in [2.05, 4.69) is 10.5 Å². The number of ether oxygens (including phenoxy) is 1. The van der Waals surface area contributed by atoms with E-state index < -0.39 is 5.97 Å². The summed E-state index contributed by atoms with van der Waals surface area (Å²) in [6.45, 7) is -0.370. The third-order valence-electron chi connectivity index (χ3n) is 3.61. The van der Waals surface area contributed by atoms with Gasteiger partial charge in [0.05, 0.1) is 6.21 Å². The molecule has 0 aromatic heterocycles. The first-order chi connectivity index (χ1) is 10.6. The molecule has 0 spiro atoms. The predicted molar refractivity (Wildman–Crippen MR) is 81.9 cm³/mol. The Balaban J connectivity index is 1.79. The summed E-state index contributed by atoms with van der Waals surface area (Å²) in [7, 11) is 0. The molecule has 1 aliphatic rings. The highest BCUT2D eigenvalue weighted by atomic mass is 16.5. The smallest absolute Gasteiger partial charge is 0.341 e. The number of hydrogen-bond acceptors (Lipinski definition) is 4. The van der Waals surface area contributed by atoms with Crippen LogP contribution in [0.1, 0.15) is 37.7 Å². The second-order valence-electron chi connectivity index (χ2n) is 5.32. The molecule has 1 saturated carbocycles. The molecule has 1 amide bonds. The summed E-state index contributed by atoms with van der Waals surface area (Å²) in [5, 5.41) is 12.5. The fourth-order valence-corrected chi connectivity index (χ4v) is 2.42. The van der Waals surface area contributed by atoms with Crippen LogP contribution in [-0.4, -0.2) is 29.8 Å². The highest BCUT2D eigenvalue weighted by Gasteiger charge is 2.20. The number of hydrazone groups is 1. The van der Waals surface area contributed by atoms with Crippen molar-refractivity contribution in [1.82, 2.24) is 5.43 Å². The van der Waals surface area contributed by atoms with E-state index in [1.165, 1.54) is 6.42 Å². The zero-order chi connectivity index (χ0) is 15.8. The molecule has 0 unspecified atom stereocenters. The number of carbonyl (C=O) groups is 2. The lowest BCUT2D eigenvalue weighted by atomic mass is 9.89. The first-order valence-electron chi connectivity index (χ1n) is 7.43. The highest BCUT2D eigenvalue weighted by molar-refractivity contribution is 5.83. The second-order valence-corrected chi connectivity index (χ2v) is 5.32. The second kappa shape index (κ2) is 8.17. The van der Waals surface area contributed by atoms with Crippen LogP contribution in [0.4, 0.5) is 0 Å². The van der Waals surface area contributed by atoms with Gasteiger partial charge in [-0.1, -0.05) is 19.3 Å². The van der Waals surface area contributed by atoms with Crippen molar-refractivity contribution in [2.75, 3.05) is 6.61 Å². The van der Waals surface area contributed by atoms with E-state index in [-0.39, 0.29) is 18.4 Å². The number of aliphatic carboxylic acids is 1. The molecule has 1 aromatic carbocycles. The van der Waals surface area contributed by atoms with Crippen LogP contribution in [0.25, 0.3) is 0 Å². The van der Waals surface area contributed by atoms with Crippen LogP contribution in [0.15, 0.2) is 29.4 Å². The standard InChI is InChI=1S/C16H20N2O4/c19-15(20)11-22-14-8-6-12(7-9-14)10-17-18-16(21)13-4-2-1-3-5-13/h6-10,13H,1-5,11H2,(H,18,21)(H,19,20)/b17-10+. The van der Waals surface area contributed by atoms with Crippen molar-refractivity contribution < 1.29 is 19.4 Å². The maximum absolute atomic E-state index is 11.9. The number of amides is 1. The molecular formula is C16H20N2O4. The third-order valence-corrected chi connectivity index (χ3v) is 3.61. The van der Waals surface area contributed by atoms with Crippen LogP contribution in [-0.2, 0) is 9.59 Å². The SMILES string of the molecule is O=C(O)COc1ccc(/C=N/NC(=O)C2CCCCC2)cc1. The molecule has 0 saturated heterocycles. The average molecular weight is 304 g/mol. The van der Waals surface area contributed by atoms with Gasteiger partial charge in [-0.2, -0.15) is 5.10 Å². The van der Waals surface area contributed by atoms with Crippen LogP contribution in [0.5, 0.6) is 5.75 Å². The van der Waals surface area contributed by atoms with Gasteiger partial charge in [0.15, 0.2) is 6.61 Å². The van der Waals surface area contributed by atoms with Crippen molar-refractivity contribution in [3.05, 3.63) is 29.8 Å². The molecule has 0 bridgehead atoms. The molecule has 0 aliphatic heterocycles. The lowest BCUT2D eigenvalue weighted by molar-refractivity contribution is -0.139. The first kappa shape index (κ1) is 16.0. The number of hydrogen-bond donors (Lipinski definition) is 2. The number of carboxylic acid groups (broad SMARTS) is 1. The molecule has 2 N–H and O–H groups in total. The third kappa shape index (κ3) is 5.20. The Morgan fingerprint density at radius 3 is 2.55 bits per heavy atom. The summed E-state index contributed by atoms with van der Waals surface area (Å²) in [4.78, 5) is 22.3. The van der Waals surface area contributed by atoms with Crippen molar-refractivity contribution in [3.8, 4) is 5.75 Å². The number of carbonyl (C=O) groups excluding carboxylic acids is 1. The molecule has 6 nitrogen and oxygen atoms in total. The number of carboxylic acids is 1. The van der Waals surface area contributed by atoms with Crippen LogP contribution in [0.2, 0.25) is 0 Å². The maximum Gasteiger partial charge on any atom is 0.341 e. The Morgan fingerprint density at radius 1 is 1.23 bits per heavy atom. The van der Waals surface area contributed by atoms with E-state index in [4.69, 9.17) is 9.84 Å². The summed E-state index contributed by atoms with van der Waals surface area (Å²) < 4.78 is 5.03. The number of nitrogens with zero attached hydrogens (tertiary/aromatic N) is 1. The first-order valence-corrected chi connectivity index (χ1v) is 7.43. The zero-order valence-corrected chi connectivity index (χ0v) is 12.3. The van der Waals surface area contributed by atoms with Gasteiger partial charge in [0, 0.05) is 5.92 Å². The van der Waals surface area contributed by atoms with Gasteiger partial charge in [-0.05, 0) is 42.7 Å². The molecule has 0 radical (unpaired) electrons. The van der Waals surface area contributed by atoms with Crippen molar-refractivity contribution in [2.24, 2.45) is 11.0 Å². The summed E-state index contributed by atoms with van der Waals surface area (Å²) >= 11 is 0. The number of benzene rings is 1. The fourth-order valence-electron chi connectivity index (χ4n) is 2.42. The van der Waals surface area contributed by atoms with Gasteiger partial charge in [0.2, 0.25) is 5.91 Å². The molecule has 118 valence electrons. The molecule has 0 heterocycles. The summed E-state index contributed by atoms with van der Waals surface area (Å²) in [5.41, 5.74) is 3.37. The number of nitrogens with one attached hydrogen (secondary N) is 1. The summed E-state index contributed by atoms with van der Waals surface area (Å²) in [6.07, 6.45) is 6.87. The lowest BCUT2D eigenvalue weighted by Gasteiger charge is -2.19. The minimum atomic E-state index is -1.02. The molecule has 1 aromatic rings. The Bertz CT molecular complexity index is 534.